The predicted molar refractivity (Wildman–Crippen MR) is 63.3 cm³/mol. The number of hydrogen-bond donors (Lipinski definition) is 1. The van der Waals surface area contributed by atoms with E-state index in [0.717, 1.165) is 0 Å². The maximum absolute atomic E-state index is 13.5. The number of benzene rings is 1. The van der Waals surface area contributed by atoms with Gasteiger partial charge in [-0.15, -0.1) is 0 Å². The predicted octanol–water partition coefficient (Wildman–Crippen LogP) is 2.49. The Bertz CT molecular complexity index is 527. The maximum Gasteiger partial charge on any atom is 0.127 e. The van der Waals surface area contributed by atoms with Crippen LogP contribution >= 0.6 is 11.6 Å². The second-order valence-electron chi connectivity index (χ2n) is 3.89. The molecule has 0 aliphatic heterocycles. The number of halogens is 2. The van der Waals surface area contributed by atoms with Gasteiger partial charge in [-0.05, 0) is 17.7 Å². The van der Waals surface area contributed by atoms with E-state index in [4.69, 9.17) is 11.6 Å². The molecule has 1 unspecified atom stereocenters. The van der Waals surface area contributed by atoms with Crippen LogP contribution in [0.1, 0.15) is 17.4 Å². The number of nitrogens with zero attached hydrogens (tertiary/aromatic N) is 2. The van der Waals surface area contributed by atoms with Gasteiger partial charge in [-0.3, -0.25) is 0 Å². The zero-order valence-electron chi connectivity index (χ0n) is 9.27. The number of aliphatic hydroxyl groups excluding tert-OH is 1. The Kier molecular flexibility index (Phi) is 3.45. The zero-order valence-corrected chi connectivity index (χ0v) is 10.0. The number of aliphatic hydroxyl groups is 1. The summed E-state index contributed by atoms with van der Waals surface area (Å²) in [4.78, 5) is 3.91. The largest absolute Gasteiger partial charge is 0.386 e. The number of aromatic nitrogens is 2. The summed E-state index contributed by atoms with van der Waals surface area (Å²) in [6, 6.07) is 4.43. The Morgan fingerprint density at radius 1 is 1.53 bits per heavy atom. The van der Waals surface area contributed by atoms with Gasteiger partial charge in [0.15, 0.2) is 0 Å². The first-order valence-electron chi connectivity index (χ1n) is 5.16. The average molecular weight is 255 g/mol. The molecular weight excluding hydrogens is 243 g/mol. The summed E-state index contributed by atoms with van der Waals surface area (Å²) in [5.41, 5.74) is 1.09. The van der Waals surface area contributed by atoms with Gasteiger partial charge in [0.05, 0.1) is 24.3 Å². The summed E-state index contributed by atoms with van der Waals surface area (Å²) in [7, 11) is 1.78. The number of hydrogen-bond acceptors (Lipinski definition) is 2. The standard InChI is InChI=1S/C12H12ClFN2O/c1-16-7-15-6-11(16)12(17)4-8-2-3-9(13)5-10(8)14/h2-3,5-7,12,17H,4H2,1H3. The number of imidazole rings is 1. The van der Waals surface area contributed by atoms with Gasteiger partial charge in [-0.2, -0.15) is 0 Å². The van der Waals surface area contributed by atoms with Crippen LogP contribution in [0.5, 0.6) is 0 Å². The van der Waals surface area contributed by atoms with E-state index in [0.29, 0.717) is 16.3 Å². The Morgan fingerprint density at radius 2 is 2.29 bits per heavy atom. The Hall–Kier alpha value is -1.39. The first-order valence-corrected chi connectivity index (χ1v) is 5.54. The minimum Gasteiger partial charge on any atom is -0.386 e. The molecule has 1 aromatic heterocycles. The quantitative estimate of drug-likeness (QED) is 0.914. The minimum atomic E-state index is -0.779. The van der Waals surface area contributed by atoms with Crippen molar-refractivity contribution in [3.63, 3.8) is 0 Å². The lowest BCUT2D eigenvalue weighted by Gasteiger charge is -2.11. The lowest BCUT2D eigenvalue weighted by molar-refractivity contribution is 0.169. The van der Waals surface area contributed by atoms with Crippen LogP contribution in [0, 0.1) is 5.82 Å². The molecule has 0 aliphatic carbocycles. The molecule has 0 saturated carbocycles. The van der Waals surface area contributed by atoms with E-state index < -0.39 is 11.9 Å². The molecule has 1 aromatic carbocycles. The SMILES string of the molecule is Cn1cncc1C(O)Cc1ccc(Cl)cc1F. The molecule has 0 amide bonds. The molecule has 17 heavy (non-hydrogen) atoms. The summed E-state index contributed by atoms with van der Waals surface area (Å²) in [5.74, 6) is -0.404. The van der Waals surface area contributed by atoms with Crippen LogP contribution in [0.15, 0.2) is 30.7 Å². The highest BCUT2D eigenvalue weighted by Crippen LogP contribution is 2.21. The molecule has 5 heteroatoms. The fraction of sp³-hybridized carbons (Fsp3) is 0.250. The van der Waals surface area contributed by atoms with Gasteiger partial charge < -0.3 is 9.67 Å². The summed E-state index contributed by atoms with van der Waals surface area (Å²) in [5, 5.41) is 10.3. The number of aryl methyl sites for hydroxylation is 1. The number of rotatable bonds is 3. The summed E-state index contributed by atoms with van der Waals surface area (Å²) in [6.07, 6.45) is 2.58. The second kappa shape index (κ2) is 4.85. The molecule has 2 rings (SSSR count). The van der Waals surface area contributed by atoms with Crippen molar-refractivity contribution in [2.45, 2.75) is 12.5 Å². The van der Waals surface area contributed by atoms with Gasteiger partial charge in [0.1, 0.15) is 5.82 Å². The van der Waals surface area contributed by atoms with E-state index in [2.05, 4.69) is 4.98 Å². The molecule has 0 bridgehead atoms. The molecule has 90 valence electrons. The average Bonchev–Trinajstić information content (AvgIpc) is 2.68. The van der Waals surface area contributed by atoms with Crippen LogP contribution in [-0.4, -0.2) is 14.7 Å². The molecule has 1 N–H and O–H groups in total. The molecule has 1 heterocycles. The topological polar surface area (TPSA) is 38.0 Å². The lowest BCUT2D eigenvalue weighted by atomic mass is 10.1. The van der Waals surface area contributed by atoms with E-state index in [1.807, 2.05) is 0 Å². The summed E-state index contributed by atoms with van der Waals surface area (Å²) < 4.78 is 15.2. The van der Waals surface area contributed by atoms with E-state index >= 15 is 0 Å². The van der Waals surface area contributed by atoms with Crippen molar-refractivity contribution in [2.75, 3.05) is 0 Å². The van der Waals surface area contributed by atoms with Crippen molar-refractivity contribution in [3.05, 3.63) is 52.8 Å². The minimum absolute atomic E-state index is 0.197. The molecule has 0 radical (unpaired) electrons. The van der Waals surface area contributed by atoms with Crippen LogP contribution in [0.2, 0.25) is 5.02 Å². The van der Waals surface area contributed by atoms with Crippen LogP contribution in [-0.2, 0) is 13.5 Å². The van der Waals surface area contributed by atoms with Crippen molar-refractivity contribution >= 4 is 11.6 Å². The molecule has 0 fully saturated rings. The van der Waals surface area contributed by atoms with E-state index in [1.54, 1.807) is 36.3 Å². The van der Waals surface area contributed by atoms with Crippen LogP contribution in [0.3, 0.4) is 0 Å². The van der Waals surface area contributed by atoms with Crippen molar-refractivity contribution in [1.82, 2.24) is 9.55 Å². The molecule has 0 aliphatic rings. The molecule has 3 nitrogen and oxygen atoms in total. The van der Waals surface area contributed by atoms with Gasteiger partial charge in [-0.1, -0.05) is 17.7 Å². The molecule has 0 spiro atoms. The molecule has 0 saturated heterocycles. The highest BCUT2D eigenvalue weighted by molar-refractivity contribution is 6.30. The van der Waals surface area contributed by atoms with Gasteiger partial charge >= 0.3 is 0 Å². The van der Waals surface area contributed by atoms with Gasteiger partial charge in [0.25, 0.3) is 0 Å². The Balaban J connectivity index is 2.19. The van der Waals surface area contributed by atoms with Gasteiger partial charge in [-0.25, -0.2) is 9.37 Å². The highest BCUT2D eigenvalue weighted by Gasteiger charge is 2.14. The molecule has 1 atom stereocenters. The third-order valence-corrected chi connectivity index (χ3v) is 2.86. The smallest absolute Gasteiger partial charge is 0.127 e. The summed E-state index contributed by atoms with van der Waals surface area (Å²) in [6.45, 7) is 0. The second-order valence-corrected chi connectivity index (χ2v) is 4.32. The fourth-order valence-corrected chi connectivity index (χ4v) is 1.85. The lowest BCUT2D eigenvalue weighted by Crippen LogP contribution is -2.07. The van der Waals surface area contributed by atoms with Crippen LogP contribution < -0.4 is 0 Å². The third kappa shape index (κ3) is 2.65. The maximum atomic E-state index is 13.5. The van der Waals surface area contributed by atoms with E-state index in [1.165, 1.54) is 6.07 Å². The molecule has 2 aromatic rings. The fourth-order valence-electron chi connectivity index (χ4n) is 1.69. The normalized spacial score (nSPS) is 12.7. The Morgan fingerprint density at radius 3 is 2.88 bits per heavy atom. The third-order valence-electron chi connectivity index (χ3n) is 2.62. The first kappa shape index (κ1) is 12.1. The zero-order chi connectivity index (χ0) is 12.4. The summed E-state index contributed by atoms with van der Waals surface area (Å²) >= 11 is 5.66. The highest BCUT2D eigenvalue weighted by atomic mass is 35.5. The van der Waals surface area contributed by atoms with Crippen molar-refractivity contribution in [3.8, 4) is 0 Å². The van der Waals surface area contributed by atoms with Crippen molar-refractivity contribution in [2.24, 2.45) is 7.05 Å². The molecular formula is C12H12ClFN2O. The van der Waals surface area contributed by atoms with E-state index in [-0.39, 0.29) is 6.42 Å². The van der Waals surface area contributed by atoms with Crippen molar-refractivity contribution in [1.29, 1.82) is 0 Å². The monoisotopic (exact) mass is 254 g/mol. The first-order chi connectivity index (χ1) is 8.08. The van der Waals surface area contributed by atoms with E-state index in [9.17, 15) is 9.50 Å². The van der Waals surface area contributed by atoms with Gasteiger partial charge in [0, 0.05) is 18.5 Å². The van der Waals surface area contributed by atoms with Gasteiger partial charge in [0.2, 0.25) is 0 Å². The Labute approximate surface area is 103 Å². The van der Waals surface area contributed by atoms with Crippen molar-refractivity contribution < 1.29 is 9.50 Å². The van der Waals surface area contributed by atoms with Crippen LogP contribution in [0.4, 0.5) is 4.39 Å². The van der Waals surface area contributed by atoms with Crippen LogP contribution in [0.25, 0.3) is 0 Å².